The van der Waals surface area contributed by atoms with Crippen LogP contribution in [0.5, 0.6) is 5.75 Å². The third-order valence-electron chi connectivity index (χ3n) is 9.55. The van der Waals surface area contributed by atoms with Crippen molar-refractivity contribution >= 4 is 17.4 Å². The van der Waals surface area contributed by atoms with Crippen LogP contribution in [0, 0.1) is 17.8 Å². The number of hydrogen-bond donors (Lipinski definition) is 4. The molecule has 1 saturated heterocycles. The number of aliphatic hydroxyl groups is 2. The van der Waals surface area contributed by atoms with E-state index in [0.717, 1.165) is 41.9 Å². The summed E-state index contributed by atoms with van der Waals surface area (Å²) in [6.45, 7) is 2.99. The molecule has 0 spiro atoms. The van der Waals surface area contributed by atoms with Gasteiger partial charge in [-0.3, -0.25) is 24.4 Å². The van der Waals surface area contributed by atoms with Gasteiger partial charge in [0.05, 0.1) is 17.2 Å². The number of aliphatic hydroxyl groups excluding tert-OH is 2. The molecule has 3 aliphatic carbocycles. The van der Waals surface area contributed by atoms with E-state index in [1.165, 1.54) is 19.3 Å². The van der Waals surface area contributed by atoms with Crippen LogP contribution in [-0.2, 0) is 22.6 Å². The van der Waals surface area contributed by atoms with E-state index in [2.05, 4.69) is 16.0 Å². The minimum absolute atomic E-state index is 0.0346. The molecular weight excluding hydrogens is 520 g/mol. The van der Waals surface area contributed by atoms with Crippen LogP contribution in [0.1, 0.15) is 48.8 Å². The summed E-state index contributed by atoms with van der Waals surface area (Å²) in [7, 11) is 3.62. The monoisotopic (exact) mass is 558 g/mol. The number of Topliss-reactive ketones (excluding diaryl/α,β-unsaturated/α-hetero) is 1. The molecule has 2 fully saturated rings. The lowest BCUT2D eigenvalue weighted by Crippen LogP contribution is -2.51. The molecule has 216 valence electrons. The van der Waals surface area contributed by atoms with Crippen LogP contribution in [0.2, 0.25) is 0 Å². The van der Waals surface area contributed by atoms with Crippen molar-refractivity contribution in [1.82, 2.24) is 14.8 Å². The molecule has 1 amide bonds. The number of hydrogen-bond acceptors (Lipinski definition) is 8. The molecule has 4 aliphatic rings. The largest absolute Gasteiger partial charge is 0.510 e. The molecular formula is C32H38N4O5. The van der Waals surface area contributed by atoms with Gasteiger partial charge in [0.15, 0.2) is 5.78 Å². The molecule has 1 aromatic carbocycles. The Balaban J connectivity index is 1.39. The van der Waals surface area contributed by atoms with Crippen molar-refractivity contribution in [2.45, 2.75) is 51.1 Å². The number of ketones is 1. The average molecular weight is 559 g/mol. The van der Waals surface area contributed by atoms with E-state index in [1.807, 2.05) is 37.5 Å². The van der Waals surface area contributed by atoms with Crippen LogP contribution in [0.25, 0.3) is 16.9 Å². The van der Waals surface area contributed by atoms with Gasteiger partial charge in [0, 0.05) is 36.0 Å². The summed E-state index contributed by atoms with van der Waals surface area (Å²) in [6, 6.07) is 5.01. The maximum Gasteiger partial charge on any atom is 0.248 e. The number of primary amides is 1. The number of aromatic hydroxyl groups is 1. The van der Waals surface area contributed by atoms with E-state index in [1.54, 1.807) is 6.07 Å². The number of phenols is 1. The van der Waals surface area contributed by atoms with Gasteiger partial charge in [0.25, 0.3) is 0 Å². The van der Waals surface area contributed by atoms with E-state index in [-0.39, 0.29) is 52.4 Å². The third kappa shape index (κ3) is 4.71. The minimum atomic E-state index is -0.742. The zero-order valence-corrected chi connectivity index (χ0v) is 23.6. The van der Waals surface area contributed by atoms with Gasteiger partial charge in [0.1, 0.15) is 17.3 Å². The number of pyridine rings is 1. The lowest BCUT2D eigenvalue weighted by Gasteiger charge is -2.47. The lowest BCUT2D eigenvalue weighted by atomic mass is 9.59. The number of fused-ring (bicyclic) bond motifs is 3. The van der Waals surface area contributed by atoms with Crippen molar-refractivity contribution in [3.8, 4) is 16.9 Å². The van der Waals surface area contributed by atoms with Crippen LogP contribution in [-0.4, -0.2) is 75.0 Å². The predicted octanol–water partition coefficient (Wildman–Crippen LogP) is 3.72. The molecule has 0 radical (unpaired) electrons. The van der Waals surface area contributed by atoms with Crippen LogP contribution >= 0.6 is 0 Å². The molecule has 0 bridgehead atoms. The number of piperidine rings is 1. The highest BCUT2D eigenvalue weighted by Gasteiger charge is 2.52. The normalized spacial score (nSPS) is 26.6. The van der Waals surface area contributed by atoms with Gasteiger partial charge in [-0.1, -0.05) is 12.5 Å². The van der Waals surface area contributed by atoms with Crippen LogP contribution in [0.3, 0.4) is 0 Å². The van der Waals surface area contributed by atoms with Gasteiger partial charge >= 0.3 is 0 Å². The topological polar surface area (TPSA) is 140 Å². The number of nitrogens with zero attached hydrogens (tertiary/aromatic N) is 3. The highest BCUT2D eigenvalue weighted by atomic mass is 16.3. The Morgan fingerprint density at radius 3 is 2.56 bits per heavy atom. The number of likely N-dealkylation sites (tertiary alicyclic amines) is 1. The maximum absolute atomic E-state index is 14.0. The van der Waals surface area contributed by atoms with E-state index in [4.69, 9.17) is 5.73 Å². The van der Waals surface area contributed by atoms with Crippen molar-refractivity contribution in [3.05, 3.63) is 64.2 Å². The maximum atomic E-state index is 14.0. The van der Waals surface area contributed by atoms with Crippen LogP contribution in [0.4, 0.5) is 0 Å². The number of aromatic nitrogens is 1. The van der Waals surface area contributed by atoms with Crippen molar-refractivity contribution in [1.29, 1.82) is 0 Å². The number of phenolic OH excluding ortho intramolecular Hbond substituents is 1. The van der Waals surface area contributed by atoms with Gasteiger partial charge in [-0.05, 0) is 99.9 Å². The molecule has 9 nitrogen and oxygen atoms in total. The van der Waals surface area contributed by atoms with Gasteiger partial charge in [-0.25, -0.2) is 0 Å². The van der Waals surface area contributed by atoms with Gasteiger partial charge in [-0.15, -0.1) is 0 Å². The number of allylic oxidation sites excluding steroid dienone is 1. The molecule has 2 aromatic rings. The summed E-state index contributed by atoms with van der Waals surface area (Å²) in [6.07, 6.45) is 8.42. The summed E-state index contributed by atoms with van der Waals surface area (Å²) < 4.78 is 0. The van der Waals surface area contributed by atoms with E-state index < -0.39 is 17.9 Å². The summed E-state index contributed by atoms with van der Waals surface area (Å²) in [4.78, 5) is 34.9. The van der Waals surface area contributed by atoms with E-state index >= 15 is 0 Å². The van der Waals surface area contributed by atoms with Crippen molar-refractivity contribution < 1.29 is 24.9 Å². The van der Waals surface area contributed by atoms with Gasteiger partial charge in [-0.2, -0.15) is 0 Å². The summed E-state index contributed by atoms with van der Waals surface area (Å²) in [5.41, 5.74) is 9.90. The molecule has 3 unspecified atom stereocenters. The standard InChI is InChI=1S/C32H38N4O5/c1-35(2)28-22-12-18-11-21-20(19-10-17(14-34-15-19)16-36-8-4-3-5-9-36)6-7-25(37)27(21)31(40)26(18)29(38)23(22)13-24(30(28)39)32(33)41/h6-7,10,14-15,18,22-23,28,37,39-40H,3-5,8-9,11-13,16H2,1-2H3,(H2,33,41)/t18?,22?,23?,28-/m0/s1. The first kappa shape index (κ1) is 27.5. The first-order chi connectivity index (χ1) is 19.7. The molecule has 9 heteroatoms. The zero-order chi connectivity index (χ0) is 29.0. The number of rotatable bonds is 5. The fraction of sp³-hybridized carbons (Fsp3) is 0.469. The Morgan fingerprint density at radius 1 is 1.10 bits per heavy atom. The van der Waals surface area contributed by atoms with Crippen molar-refractivity contribution in [3.63, 3.8) is 0 Å². The molecule has 41 heavy (non-hydrogen) atoms. The first-order valence-electron chi connectivity index (χ1n) is 14.5. The number of likely N-dealkylation sites (N-methyl/N-ethyl adjacent to an activating group) is 1. The first-order valence-corrected chi connectivity index (χ1v) is 14.5. The molecule has 6 rings (SSSR count). The van der Waals surface area contributed by atoms with Gasteiger partial charge in [0.2, 0.25) is 5.91 Å². The smallest absolute Gasteiger partial charge is 0.248 e. The van der Waals surface area contributed by atoms with Gasteiger partial charge < -0.3 is 21.1 Å². The van der Waals surface area contributed by atoms with Crippen molar-refractivity contribution in [2.75, 3.05) is 27.2 Å². The summed E-state index contributed by atoms with van der Waals surface area (Å²) in [5, 5.41) is 33.5. The Hall–Kier alpha value is -3.69. The molecule has 1 saturated carbocycles. The fourth-order valence-corrected chi connectivity index (χ4v) is 7.71. The highest BCUT2D eigenvalue weighted by Crippen LogP contribution is 2.52. The Labute approximate surface area is 240 Å². The Morgan fingerprint density at radius 2 is 1.85 bits per heavy atom. The van der Waals surface area contributed by atoms with E-state index in [9.17, 15) is 24.9 Å². The lowest BCUT2D eigenvalue weighted by molar-refractivity contribution is -0.125. The predicted molar refractivity (Wildman–Crippen MR) is 155 cm³/mol. The summed E-state index contributed by atoms with van der Waals surface area (Å²) >= 11 is 0. The third-order valence-corrected chi connectivity index (χ3v) is 9.55. The quantitative estimate of drug-likeness (QED) is 0.435. The second kappa shape index (κ2) is 10.6. The van der Waals surface area contributed by atoms with Crippen LogP contribution in [0.15, 0.2) is 47.5 Å². The number of amides is 1. The van der Waals surface area contributed by atoms with Crippen LogP contribution < -0.4 is 5.73 Å². The Bertz CT molecular complexity index is 1470. The SMILES string of the molecule is CN(C)[C@@H]1C(O)=C(C(N)=O)CC2C(=O)C3=C(O)c4c(O)ccc(-c5cncc(CN6CCCCC6)c5)c4CC3CC21. The second-order valence-electron chi connectivity index (χ2n) is 12.3. The zero-order valence-electron chi connectivity index (χ0n) is 23.6. The molecule has 2 heterocycles. The van der Waals surface area contributed by atoms with E-state index in [0.29, 0.717) is 18.4 Å². The molecule has 1 aliphatic heterocycles. The molecule has 1 aromatic heterocycles. The number of carbonyl (C=O) groups is 2. The number of nitrogens with two attached hydrogens (primary N) is 1. The molecule has 5 N–H and O–H groups in total. The average Bonchev–Trinajstić information content (AvgIpc) is 2.93. The highest BCUT2D eigenvalue weighted by molar-refractivity contribution is 6.07. The summed E-state index contributed by atoms with van der Waals surface area (Å²) in [5.74, 6) is -2.49. The minimum Gasteiger partial charge on any atom is -0.510 e. The Kier molecular flexibility index (Phi) is 7.11. The second-order valence-corrected chi connectivity index (χ2v) is 12.3. The fourth-order valence-electron chi connectivity index (χ4n) is 7.71. The molecule has 4 atom stereocenters. The number of carbonyl (C=O) groups excluding carboxylic acids is 2. The van der Waals surface area contributed by atoms with Crippen molar-refractivity contribution in [2.24, 2.45) is 23.5 Å². The number of benzene rings is 1.